The van der Waals surface area contributed by atoms with Gasteiger partial charge in [-0.1, -0.05) is 6.92 Å². The van der Waals surface area contributed by atoms with Crippen molar-refractivity contribution in [2.24, 2.45) is 0 Å². The summed E-state index contributed by atoms with van der Waals surface area (Å²) in [5.41, 5.74) is 0.836. The molecular weight excluding hydrogens is 234 g/mol. The van der Waals surface area contributed by atoms with Gasteiger partial charge in [0.05, 0.1) is 0 Å². The van der Waals surface area contributed by atoms with E-state index < -0.39 is 5.97 Å². The van der Waals surface area contributed by atoms with E-state index in [1.54, 1.807) is 6.07 Å². The van der Waals surface area contributed by atoms with Gasteiger partial charge in [-0.15, -0.1) is 0 Å². The van der Waals surface area contributed by atoms with Crippen molar-refractivity contribution in [1.29, 1.82) is 0 Å². The highest BCUT2D eigenvalue weighted by atomic mass is 16.4. The number of carboxylic acids is 1. The van der Waals surface area contributed by atoms with E-state index in [4.69, 9.17) is 5.11 Å². The molecule has 2 N–H and O–H groups in total. The third-order valence-electron chi connectivity index (χ3n) is 3.26. The summed E-state index contributed by atoms with van der Waals surface area (Å²) in [6.07, 6.45) is 2.29. The smallest absolute Gasteiger partial charge is 0.356 e. The maximum Gasteiger partial charge on any atom is 0.356 e. The summed E-state index contributed by atoms with van der Waals surface area (Å²) in [5.74, 6) is -0.682. The molecule has 1 aromatic heterocycles. The zero-order valence-electron chi connectivity index (χ0n) is 10.3. The van der Waals surface area contributed by atoms with E-state index in [1.807, 2.05) is 11.8 Å². The largest absolute Gasteiger partial charge is 0.476 e. The average Bonchev–Trinajstić information content (AvgIpc) is 2.98. The number of hydrogen-bond donors (Lipinski definition) is 2. The van der Waals surface area contributed by atoms with Crippen LogP contribution in [-0.2, 0) is 4.79 Å². The standard InChI is InChI=1S/C12H17N3O3/c1-2-3-11(16)15-5-4-8(7-15)9-6-10(12(17)18)14-13-9/h6,8H,2-5,7H2,1H3,(H,13,14)(H,17,18). The second-order valence-electron chi connectivity index (χ2n) is 4.59. The summed E-state index contributed by atoms with van der Waals surface area (Å²) in [5, 5.41) is 15.3. The van der Waals surface area contributed by atoms with Gasteiger partial charge in [0.25, 0.3) is 0 Å². The van der Waals surface area contributed by atoms with Crippen molar-refractivity contribution < 1.29 is 14.7 Å². The van der Waals surface area contributed by atoms with Crippen LogP contribution in [0.5, 0.6) is 0 Å². The highest BCUT2D eigenvalue weighted by molar-refractivity contribution is 5.85. The molecule has 0 spiro atoms. The molecule has 1 fully saturated rings. The van der Waals surface area contributed by atoms with Gasteiger partial charge in [-0.05, 0) is 18.9 Å². The van der Waals surface area contributed by atoms with Crippen molar-refractivity contribution in [2.75, 3.05) is 13.1 Å². The Morgan fingerprint density at radius 2 is 2.39 bits per heavy atom. The van der Waals surface area contributed by atoms with Crippen LogP contribution >= 0.6 is 0 Å². The Labute approximate surface area is 105 Å². The maximum atomic E-state index is 11.7. The van der Waals surface area contributed by atoms with Gasteiger partial charge >= 0.3 is 5.97 Å². The second-order valence-corrected chi connectivity index (χ2v) is 4.59. The molecule has 0 aliphatic carbocycles. The van der Waals surface area contributed by atoms with Crippen molar-refractivity contribution in [2.45, 2.75) is 32.1 Å². The molecule has 0 aromatic carbocycles. The van der Waals surface area contributed by atoms with Crippen LogP contribution in [0.4, 0.5) is 0 Å². The van der Waals surface area contributed by atoms with Gasteiger partial charge in [-0.3, -0.25) is 9.89 Å². The SMILES string of the molecule is CCCC(=O)N1CCC(c2cc(C(=O)O)n[nH]2)C1. The Balaban J connectivity index is 1.99. The Bertz CT molecular complexity index is 455. The monoisotopic (exact) mass is 251 g/mol. The Hall–Kier alpha value is -1.85. The van der Waals surface area contributed by atoms with E-state index >= 15 is 0 Å². The van der Waals surface area contributed by atoms with E-state index in [9.17, 15) is 9.59 Å². The molecule has 2 rings (SSSR count). The summed E-state index contributed by atoms with van der Waals surface area (Å²) in [7, 11) is 0. The van der Waals surface area contributed by atoms with Gasteiger partial charge < -0.3 is 10.0 Å². The molecular formula is C12H17N3O3. The molecule has 1 amide bonds. The number of aromatic nitrogens is 2. The third kappa shape index (κ3) is 2.52. The number of nitrogens with one attached hydrogen (secondary N) is 1. The molecule has 2 heterocycles. The number of H-pyrrole nitrogens is 1. The van der Waals surface area contributed by atoms with Gasteiger partial charge in [0, 0.05) is 31.1 Å². The number of aromatic amines is 1. The first-order chi connectivity index (χ1) is 8.61. The lowest BCUT2D eigenvalue weighted by atomic mass is 10.1. The number of likely N-dealkylation sites (tertiary alicyclic amines) is 1. The van der Waals surface area contributed by atoms with E-state index in [0.717, 1.165) is 25.1 Å². The molecule has 18 heavy (non-hydrogen) atoms. The van der Waals surface area contributed by atoms with Crippen molar-refractivity contribution in [1.82, 2.24) is 15.1 Å². The van der Waals surface area contributed by atoms with Crippen LogP contribution < -0.4 is 0 Å². The van der Waals surface area contributed by atoms with Crippen LogP contribution in [0.1, 0.15) is 48.3 Å². The van der Waals surface area contributed by atoms with Crippen LogP contribution in [-0.4, -0.2) is 45.2 Å². The van der Waals surface area contributed by atoms with Crippen molar-refractivity contribution >= 4 is 11.9 Å². The second kappa shape index (κ2) is 5.20. The number of carbonyl (C=O) groups excluding carboxylic acids is 1. The number of rotatable bonds is 4. The quantitative estimate of drug-likeness (QED) is 0.842. The maximum absolute atomic E-state index is 11.7. The fourth-order valence-electron chi connectivity index (χ4n) is 2.27. The predicted octanol–water partition coefficient (Wildman–Crippen LogP) is 1.22. The summed E-state index contributed by atoms with van der Waals surface area (Å²) in [4.78, 5) is 24.3. The number of nitrogens with zero attached hydrogens (tertiary/aromatic N) is 2. The first kappa shape index (κ1) is 12.6. The van der Waals surface area contributed by atoms with Crippen LogP contribution in [0.3, 0.4) is 0 Å². The van der Waals surface area contributed by atoms with Gasteiger partial charge in [-0.25, -0.2) is 4.79 Å². The summed E-state index contributed by atoms with van der Waals surface area (Å²) < 4.78 is 0. The minimum atomic E-state index is -1.03. The zero-order valence-corrected chi connectivity index (χ0v) is 10.3. The summed E-state index contributed by atoms with van der Waals surface area (Å²) >= 11 is 0. The summed E-state index contributed by atoms with van der Waals surface area (Å²) in [6.45, 7) is 3.38. The first-order valence-corrected chi connectivity index (χ1v) is 6.18. The first-order valence-electron chi connectivity index (χ1n) is 6.18. The van der Waals surface area contributed by atoms with Gasteiger partial charge in [0.1, 0.15) is 0 Å². The Morgan fingerprint density at radius 1 is 1.61 bits per heavy atom. The fourth-order valence-corrected chi connectivity index (χ4v) is 2.27. The fraction of sp³-hybridized carbons (Fsp3) is 0.583. The molecule has 0 bridgehead atoms. The molecule has 0 saturated carbocycles. The van der Waals surface area contributed by atoms with Gasteiger partial charge in [0.15, 0.2) is 5.69 Å². The van der Waals surface area contributed by atoms with Crippen LogP contribution in [0.15, 0.2) is 6.07 Å². The average molecular weight is 251 g/mol. The number of hydrogen-bond acceptors (Lipinski definition) is 3. The molecule has 1 aromatic rings. The highest BCUT2D eigenvalue weighted by Gasteiger charge is 2.28. The Morgan fingerprint density at radius 3 is 3.00 bits per heavy atom. The predicted molar refractivity (Wildman–Crippen MR) is 64.4 cm³/mol. The molecule has 98 valence electrons. The normalized spacial score (nSPS) is 19.2. The molecule has 1 aliphatic rings. The number of carboxylic acid groups (broad SMARTS) is 1. The van der Waals surface area contributed by atoms with E-state index in [2.05, 4.69) is 10.2 Å². The lowest BCUT2D eigenvalue weighted by Gasteiger charge is -2.15. The molecule has 6 heteroatoms. The van der Waals surface area contributed by atoms with E-state index in [0.29, 0.717) is 13.0 Å². The van der Waals surface area contributed by atoms with Crippen LogP contribution in [0.2, 0.25) is 0 Å². The molecule has 1 unspecified atom stereocenters. The highest BCUT2D eigenvalue weighted by Crippen LogP contribution is 2.26. The molecule has 6 nitrogen and oxygen atoms in total. The zero-order chi connectivity index (χ0) is 13.1. The summed E-state index contributed by atoms with van der Waals surface area (Å²) in [6, 6.07) is 1.56. The number of carbonyl (C=O) groups is 2. The Kier molecular flexibility index (Phi) is 3.64. The lowest BCUT2D eigenvalue weighted by Crippen LogP contribution is -2.27. The minimum Gasteiger partial charge on any atom is -0.476 e. The molecule has 1 saturated heterocycles. The molecule has 0 radical (unpaired) electrons. The molecule has 1 atom stereocenters. The number of aromatic carboxylic acids is 1. The number of amides is 1. The topological polar surface area (TPSA) is 86.3 Å². The van der Waals surface area contributed by atoms with Crippen LogP contribution in [0.25, 0.3) is 0 Å². The lowest BCUT2D eigenvalue weighted by molar-refractivity contribution is -0.130. The van der Waals surface area contributed by atoms with Crippen molar-refractivity contribution in [3.8, 4) is 0 Å². The third-order valence-corrected chi connectivity index (χ3v) is 3.26. The van der Waals surface area contributed by atoms with Crippen molar-refractivity contribution in [3.05, 3.63) is 17.5 Å². The van der Waals surface area contributed by atoms with Crippen molar-refractivity contribution in [3.63, 3.8) is 0 Å². The van der Waals surface area contributed by atoms with E-state index in [-0.39, 0.29) is 17.5 Å². The minimum absolute atomic E-state index is 0.0309. The van der Waals surface area contributed by atoms with E-state index in [1.165, 1.54) is 0 Å². The van der Waals surface area contributed by atoms with Gasteiger partial charge in [-0.2, -0.15) is 5.10 Å². The molecule has 1 aliphatic heterocycles. The van der Waals surface area contributed by atoms with Gasteiger partial charge in [0.2, 0.25) is 5.91 Å². The van der Waals surface area contributed by atoms with Crippen LogP contribution in [0, 0.1) is 0 Å².